The molecule has 27 nitrogen and oxygen atoms in total. The number of carbonyl (C=O) groups excluding carboxylic acids is 4. The molecule has 1 saturated heterocycles. The number of amides is 1. The summed E-state index contributed by atoms with van der Waals surface area (Å²) in [7, 11) is 0. The topological polar surface area (TPSA) is 339 Å². The molecule has 0 aliphatic carbocycles. The second kappa shape index (κ2) is 34.8. The zero-order chi connectivity index (χ0) is 66.2. The molecule has 29 heteroatoms. The van der Waals surface area contributed by atoms with E-state index in [2.05, 4.69) is 74.7 Å². The molecule has 8 aromatic rings. The van der Waals surface area contributed by atoms with Crippen molar-refractivity contribution in [3.05, 3.63) is 162 Å². The van der Waals surface area contributed by atoms with E-state index in [4.69, 9.17) is 32.7 Å². The lowest BCUT2D eigenvalue weighted by Gasteiger charge is -2.24. The Morgan fingerprint density at radius 1 is 0.645 bits per heavy atom. The number of aromatic amines is 2. The van der Waals surface area contributed by atoms with E-state index in [-0.39, 0.29) is 85.2 Å². The summed E-state index contributed by atoms with van der Waals surface area (Å²) in [6, 6.07) is 31.0. The minimum absolute atomic E-state index is 0.0168. The van der Waals surface area contributed by atoms with Gasteiger partial charge in [-0.05, 0) is 101 Å². The van der Waals surface area contributed by atoms with Crippen LogP contribution in [0.15, 0.2) is 97.1 Å². The molecule has 0 saturated carbocycles. The normalized spacial score (nSPS) is 13.1. The van der Waals surface area contributed by atoms with Gasteiger partial charge < -0.3 is 33.2 Å². The van der Waals surface area contributed by atoms with Crippen LogP contribution in [0, 0.1) is 32.1 Å². The second-order valence-corrected chi connectivity index (χ2v) is 23.4. The maximum atomic E-state index is 14.0. The number of Topliss-reactive ketones (excluding diaryl/α,β-unsaturated/α-hetero) is 1. The molecule has 492 valence electrons. The van der Waals surface area contributed by atoms with Crippen LogP contribution in [0.1, 0.15) is 148 Å². The van der Waals surface area contributed by atoms with Crippen molar-refractivity contribution in [2.75, 3.05) is 33.0 Å². The third-order valence-electron chi connectivity index (χ3n) is 15.5. The highest BCUT2D eigenvalue weighted by Crippen LogP contribution is 2.34. The van der Waals surface area contributed by atoms with Crippen molar-refractivity contribution in [2.24, 2.45) is 11.8 Å². The van der Waals surface area contributed by atoms with Gasteiger partial charge in [0.25, 0.3) is 16.1 Å². The fraction of sp³-hybridized carbons (Fsp3) is 0.438. The molecule has 0 spiro atoms. The first-order chi connectivity index (χ1) is 45.0. The number of unbranched alkanes of at least 4 members (excludes halogenated alkanes) is 3. The number of esters is 2. The van der Waals surface area contributed by atoms with Gasteiger partial charge in [-0.25, -0.2) is 14.8 Å². The van der Waals surface area contributed by atoms with Gasteiger partial charge in [0.15, 0.2) is 16.1 Å². The summed E-state index contributed by atoms with van der Waals surface area (Å²) in [5.41, 5.74) is 8.09. The minimum atomic E-state index is -0.895. The summed E-state index contributed by atoms with van der Waals surface area (Å²) in [5.74, 6) is 0.937. The van der Waals surface area contributed by atoms with Crippen LogP contribution >= 0.6 is 23.2 Å². The molecule has 1 aliphatic heterocycles. The second-order valence-electron chi connectivity index (χ2n) is 22.7. The lowest BCUT2D eigenvalue weighted by atomic mass is 9.92. The van der Waals surface area contributed by atoms with Gasteiger partial charge in [0.2, 0.25) is 11.6 Å². The number of halogens is 2. The standard InChI is InChI=1S/C33H40ClN7O6.C31H35ClN8O6/c1-4-5-11-29-35-32(34)31(28(42)19-24(18-22(2)3)21-46-30(43)12-8-17-47-41(44)45)40(29)20-23-13-15-25(16-14-23)26-9-6-7-10-27(26)33-36-38-39-37-33;1-2-3-12-26-33-28(32)27(30(41)38-17-8-11-25(38)31(42)45-18-6-7-19-46-40(43)44)39(26)20-21-13-15-22(16-14-21)23-9-4-5-10-24(23)29-34-36-37-35-29/h6-7,9-10,13-16,22,24H,4-5,8,11-12,17-21H2,1-3H3,(H,36,37,38,39);4-5,9-10,13-16,25H,2-3,6-8,11-12,17-20H2,1H3,(H,34,35,36,37)/t;25-/m.0/s1. The van der Waals surface area contributed by atoms with Crippen molar-refractivity contribution in [3.63, 3.8) is 0 Å². The van der Waals surface area contributed by atoms with Gasteiger partial charge in [-0.3, -0.25) is 14.4 Å². The third kappa shape index (κ3) is 19.5. The monoisotopic (exact) mass is 1320 g/mol. The number of carbonyl (C=O) groups is 4. The number of rotatable bonds is 34. The average molecular weight is 1320 g/mol. The Morgan fingerprint density at radius 2 is 1.14 bits per heavy atom. The van der Waals surface area contributed by atoms with E-state index in [9.17, 15) is 39.4 Å². The average Bonchev–Trinajstić information content (AvgIpc) is 1.86. The smallest absolute Gasteiger partial charge is 0.328 e. The summed E-state index contributed by atoms with van der Waals surface area (Å²) in [6.45, 7) is 9.29. The predicted molar refractivity (Wildman–Crippen MR) is 342 cm³/mol. The van der Waals surface area contributed by atoms with Gasteiger partial charge in [0.1, 0.15) is 29.1 Å². The lowest BCUT2D eigenvalue weighted by Crippen LogP contribution is -2.42. The van der Waals surface area contributed by atoms with Crippen LogP contribution in [0.2, 0.25) is 10.3 Å². The van der Waals surface area contributed by atoms with Gasteiger partial charge in [0, 0.05) is 62.4 Å². The van der Waals surface area contributed by atoms with Gasteiger partial charge in [-0.15, -0.1) is 40.6 Å². The summed E-state index contributed by atoms with van der Waals surface area (Å²) < 4.78 is 14.6. The number of H-pyrrole nitrogens is 2. The molecule has 1 amide bonds. The highest BCUT2D eigenvalue weighted by atomic mass is 35.5. The Labute approximate surface area is 546 Å². The molecule has 1 unspecified atom stereocenters. The van der Waals surface area contributed by atoms with Crippen molar-refractivity contribution >= 4 is 46.8 Å². The van der Waals surface area contributed by atoms with Gasteiger partial charge in [0.05, 0.1) is 26.4 Å². The van der Waals surface area contributed by atoms with Crippen molar-refractivity contribution in [2.45, 2.75) is 137 Å². The summed E-state index contributed by atoms with van der Waals surface area (Å²) >= 11 is 13.3. The molecule has 2 atom stereocenters. The highest BCUT2D eigenvalue weighted by molar-refractivity contribution is 6.33. The van der Waals surface area contributed by atoms with Crippen molar-refractivity contribution < 1.29 is 48.5 Å². The molecule has 9 rings (SSSR count). The van der Waals surface area contributed by atoms with Crippen molar-refractivity contribution in [1.82, 2.24) is 65.3 Å². The molecule has 2 N–H and O–H groups in total. The Bertz CT molecular complexity index is 3750. The van der Waals surface area contributed by atoms with Crippen LogP contribution in [-0.4, -0.2) is 138 Å². The highest BCUT2D eigenvalue weighted by Gasteiger charge is 2.38. The minimum Gasteiger partial charge on any atom is -0.465 e. The molecule has 5 heterocycles. The number of likely N-dealkylation sites (tertiary alicyclic amines) is 1. The Balaban J connectivity index is 0.000000239. The molecule has 1 aliphatic rings. The quantitative estimate of drug-likeness (QED) is 0.0124. The van der Waals surface area contributed by atoms with Gasteiger partial charge >= 0.3 is 11.9 Å². The number of nitrogens with zero attached hydrogens (tertiary/aromatic N) is 13. The molecule has 0 bridgehead atoms. The van der Waals surface area contributed by atoms with E-state index in [0.29, 0.717) is 87.7 Å². The number of ether oxygens (including phenoxy) is 2. The third-order valence-corrected chi connectivity index (χ3v) is 16.0. The Kier molecular flexibility index (Phi) is 26.0. The van der Waals surface area contributed by atoms with Crippen molar-refractivity contribution in [3.8, 4) is 45.0 Å². The number of ketones is 1. The number of tetrazole rings is 2. The largest absolute Gasteiger partial charge is 0.465 e. The first-order valence-electron chi connectivity index (χ1n) is 31.1. The number of imidazole rings is 2. The van der Waals surface area contributed by atoms with Gasteiger partial charge in [-0.1, -0.05) is 161 Å². The molecular formula is C64H75Cl2N15O12. The molecular weight excluding hydrogens is 1240 g/mol. The van der Waals surface area contributed by atoms with Crippen LogP contribution in [-0.2, 0) is 54.7 Å². The molecule has 0 radical (unpaired) electrons. The zero-order valence-corrected chi connectivity index (χ0v) is 53.8. The van der Waals surface area contributed by atoms with Gasteiger partial charge in [-0.2, -0.15) is 10.4 Å². The van der Waals surface area contributed by atoms with E-state index < -0.39 is 28.2 Å². The van der Waals surface area contributed by atoms with E-state index in [1.807, 2.05) is 120 Å². The number of hydrogen-bond acceptors (Lipinski definition) is 20. The SMILES string of the molecule is CCCCc1nc(Cl)c(C(=O)CC(COC(=O)CCCO[N+](=O)[O-])CC(C)C)n1Cc1ccc(-c2ccccc2-c2nn[nH]n2)cc1.CCCCc1nc(Cl)c(C(=O)N2CCC[C@H]2C(=O)OCCCCO[N+](=O)[O-])n1Cc1ccc(-c2ccccc2-c2nn[nH]n2)cc1. The lowest BCUT2D eigenvalue weighted by molar-refractivity contribution is -0.757. The fourth-order valence-electron chi connectivity index (χ4n) is 11.0. The maximum Gasteiger partial charge on any atom is 0.328 e. The zero-order valence-electron chi connectivity index (χ0n) is 52.3. The number of benzene rings is 4. The van der Waals surface area contributed by atoms with E-state index >= 15 is 0 Å². The molecule has 4 aromatic heterocycles. The number of hydrogen-bond donors (Lipinski definition) is 2. The fourth-order valence-corrected chi connectivity index (χ4v) is 11.6. The predicted octanol–water partition coefficient (Wildman–Crippen LogP) is 11.5. The van der Waals surface area contributed by atoms with Crippen LogP contribution in [0.5, 0.6) is 0 Å². The van der Waals surface area contributed by atoms with E-state index in [1.54, 1.807) is 0 Å². The maximum absolute atomic E-state index is 14.0. The first kappa shape index (κ1) is 69.4. The summed E-state index contributed by atoms with van der Waals surface area (Å²) in [4.78, 5) is 93.0. The first-order valence-corrected chi connectivity index (χ1v) is 31.8. The summed E-state index contributed by atoms with van der Waals surface area (Å²) in [6.07, 6.45) is 7.80. The van der Waals surface area contributed by atoms with E-state index in [1.165, 1.54) is 4.90 Å². The Hall–Kier alpha value is -9.50. The van der Waals surface area contributed by atoms with Crippen LogP contribution < -0.4 is 0 Å². The number of aryl methyl sites for hydroxylation is 2. The summed E-state index contributed by atoms with van der Waals surface area (Å²) in [5, 5.41) is 48.0. The molecule has 93 heavy (non-hydrogen) atoms. The van der Waals surface area contributed by atoms with Crippen LogP contribution in [0.25, 0.3) is 45.0 Å². The van der Waals surface area contributed by atoms with Crippen molar-refractivity contribution in [1.29, 1.82) is 0 Å². The van der Waals surface area contributed by atoms with E-state index in [0.717, 1.165) is 76.0 Å². The number of nitrogens with one attached hydrogen (secondary N) is 2. The number of aromatic nitrogens is 12. The van der Waals surface area contributed by atoms with Crippen LogP contribution in [0.4, 0.5) is 0 Å². The molecule has 4 aromatic carbocycles. The Morgan fingerprint density at radius 3 is 1.63 bits per heavy atom. The van der Waals surface area contributed by atoms with Crippen LogP contribution in [0.3, 0.4) is 0 Å². The molecule has 1 fully saturated rings.